The molecule has 20 nitrogen and oxygen atoms in total. The third kappa shape index (κ3) is 9.93. The van der Waals surface area contributed by atoms with Crippen LogP contribution in [0.3, 0.4) is 0 Å². The average molecular weight is 955 g/mol. The van der Waals surface area contributed by atoms with Crippen LogP contribution in [0, 0.1) is 23.0 Å². The molecule has 0 radical (unpaired) electrons. The first-order chi connectivity index (χ1) is 32.7. The number of halogens is 2. The molecule has 5 aromatic rings. The molecule has 0 bridgehead atoms. The predicted molar refractivity (Wildman–Crippen MR) is 244 cm³/mol. The number of piperidine rings is 2. The van der Waals surface area contributed by atoms with E-state index in [0.29, 0.717) is 86.9 Å². The molecule has 3 fully saturated rings. The van der Waals surface area contributed by atoms with Crippen molar-refractivity contribution in [2.75, 3.05) is 74.4 Å². The monoisotopic (exact) mass is 954 g/mol. The number of hydrogen-bond donors (Lipinski definition) is 4. The number of aliphatic hydroxyl groups is 1. The van der Waals surface area contributed by atoms with Gasteiger partial charge in [0.25, 0.3) is 5.56 Å². The number of likely N-dealkylation sites (tertiary alicyclic amines) is 1. The molecule has 356 valence electrons. The maximum Gasteiger partial charge on any atom is 0.301 e. The zero-order chi connectivity index (χ0) is 48.3. The number of fused-ring (bicyclic) bond motifs is 1. The largest absolute Gasteiger partial charge is 0.453 e. The lowest BCUT2D eigenvalue weighted by molar-refractivity contribution is -0.139. The van der Waals surface area contributed by atoms with E-state index >= 15 is 8.78 Å². The van der Waals surface area contributed by atoms with Gasteiger partial charge in [-0.05, 0) is 86.3 Å². The predicted octanol–water partition coefficient (Wildman–Crippen LogP) is 2.83. The number of carbonyl (C=O) groups excluding carboxylic acids is 3. The topological polar surface area (TPSA) is 248 Å². The Morgan fingerprint density at radius 3 is 2.38 bits per heavy atom. The number of nitrogens with zero attached hydrogens (tertiary/aromatic N) is 9. The van der Waals surface area contributed by atoms with Crippen molar-refractivity contribution in [1.82, 2.24) is 38.9 Å². The van der Waals surface area contributed by atoms with E-state index in [4.69, 9.17) is 4.74 Å². The molecule has 23 heteroatoms. The molecule has 68 heavy (non-hydrogen) atoms. The Kier molecular flexibility index (Phi) is 13.9. The number of anilines is 3. The Morgan fingerprint density at radius 1 is 0.985 bits per heavy atom. The van der Waals surface area contributed by atoms with Gasteiger partial charge in [0.1, 0.15) is 41.6 Å². The number of imide groups is 1. The van der Waals surface area contributed by atoms with Crippen molar-refractivity contribution in [3.8, 4) is 23.3 Å². The summed E-state index contributed by atoms with van der Waals surface area (Å²) in [6.45, 7) is 3.83. The standard InChI is InChI=1S/C45H48F2N12O8S/c1-3-55(2)68(65,66)54-37-9-7-34(46)41(33(37)22-48)67-30-5-8-36-32(21-30)43(63)59(26-51-36)29-23-49-45(50-24-29)58-18-16-57(17-19-58)44(64)39(25-60)56-14-12-27(13-15-56)31-6-4-28(20-35(31)47)52-38-10-11-40(61)53-42(38)62/h4-9,20-21,23-24,26-27,38-39,52,54,60H,3,10-19,25H2,1-2H3,(H,53,61,62)/t38-,39?/m0/s1. The second kappa shape index (κ2) is 20.0. The van der Waals surface area contributed by atoms with Crippen LogP contribution in [0.5, 0.6) is 11.5 Å². The van der Waals surface area contributed by atoms with Crippen molar-refractivity contribution in [1.29, 1.82) is 5.26 Å². The van der Waals surface area contributed by atoms with Crippen LogP contribution < -0.4 is 30.6 Å². The summed E-state index contributed by atoms with van der Waals surface area (Å²) < 4.78 is 66.0. The van der Waals surface area contributed by atoms with E-state index < -0.39 is 56.7 Å². The van der Waals surface area contributed by atoms with Crippen molar-refractivity contribution >= 4 is 56.2 Å². The summed E-state index contributed by atoms with van der Waals surface area (Å²) in [5, 5.41) is 25.7. The molecule has 0 saturated carbocycles. The van der Waals surface area contributed by atoms with Crippen LogP contribution in [-0.4, -0.2) is 136 Å². The number of amides is 3. The number of ether oxygens (including phenoxy) is 1. The maximum absolute atomic E-state index is 15.3. The fraction of sp³-hybridized carbons (Fsp3) is 0.378. The van der Waals surface area contributed by atoms with Gasteiger partial charge in [0.05, 0.1) is 41.3 Å². The Balaban J connectivity index is 0.868. The first-order valence-corrected chi connectivity index (χ1v) is 23.4. The summed E-state index contributed by atoms with van der Waals surface area (Å²) in [5.41, 5.74) is 0.439. The highest BCUT2D eigenvalue weighted by molar-refractivity contribution is 7.90. The van der Waals surface area contributed by atoms with Crippen molar-refractivity contribution in [3.63, 3.8) is 0 Å². The first kappa shape index (κ1) is 47.4. The Morgan fingerprint density at radius 2 is 1.72 bits per heavy atom. The number of nitriles is 1. The number of nitrogens with one attached hydrogen (secondary N) is 3. The second-order valence-corrected chi connectivity index (χ2v) is 18.4. The van der Waals surface area contributed by atoms with Crippen LogP contribution >= 0.6 is 0 Å². The molecule has 2 aromatic heterocycles. The molecule has 3 aliphatic rings. The van der Waals surface area contributed by atoms with E-state index in [2.05, 4.69) is 30.3 Å². The van der Waals surface area contributed by atoms with Crippen molar-refractivity contribution in [2.24, 2.45) is 0 Å². The summed E-state index contributed by atoms with van der Waals surface area (Å²) >= 11 is 0. The zero-order valence-corrected chi connectivity index (χ0v) is 37.9. The molecule has 1 unspecified atom stereocenters. The van der Waals surface area contributed by atoms with Crippen LogP contribution in [0.2, 0.25) is 0 Å². The number of carbonyl (C=O) groups is 3. The van der Waals surface area contributed by atoms with E-state index in [9.17, 15) is 38.0 Å². The lowest BCUT2D eigenvalue weighted by Gasteiger charge is -2.40. The molecule has 3 aliphatic heterocycles. The minimum absolute atomic E-state index is 0.0201. The summed E-state index contributed by atoms with van der Waals surface area (Å²) in [5.74, 6) is -2.61. The van der Waals surface area contributed by atoms with Gasteiger partial charge in [-0.3, -0.25) is 38.7 Å². The molecule has 0 aliphatic carbocycles. The maximum atomic E-state index is 15.3. The number of benzene rings is 3. The van der Waals surface area contributed by atoms with Gasteiger partial charge in [0.2, 0.25) is 23.7 Å². The average Bonchev–Trinajstić information content (AvgIpc) is 3.34. The van der Waals surface area contributed by atoms with Gasteiger partial charge in [-0.25, -0.2) is 23.7 Å². The van der Waals surface area contributed by atoms with Gasteiger partial charge in [-0.1, -0.05) is 13.0 Å². The van der Waals surface area contributed by atoms with E-state index in [0.717, 1.165) is 16.4 Å². The molecular weight excluding hydrogens is 907 g/mol. The zero-order valence-electron chi connectivity index (χ0n) is 37.1. The fourth-order valence-electron chi connectivity index (χ4n) is 8.50. The number of aliphatic hydroxyl groups excluding tert-OH is 1. The lowest BCUT2D eigenvalue weighted by atomic mass is 9.88. The number of hydrogen-bond acceptors (Lipinski definition) is 15. The summed E-state index contributed by atoms with van der Waals surface area (Å²) in [7, 11) is -2.71. The highest BCUT2D eigenvalue weighted by Crippen LogP contribution is 2.35. The van der Waals surface area contributed by atoms with Gasteiger partial charge in [-0.15, -0.1) is 0 Å². The van der Waals surface area contributed by atoms with Crippen molar-refractivity contribution in [3.05, 3.63) is 100 Å². The Hall–Kier alpha value is -7.13. The SMILES string of the molecule is CCN(C)S(=O)(=O)Nc1ccc(F)c(Oc2ccc3ncn(-c4cnc(N5CCN(C(=O)C(CO)N6CCC(c7ccc(N[C@H]8CCC(=O)NC8=O)cc7F)CC6)CC5)nc4)c(=O)c3c2)c1C#N. The van der Waals surface area contributed by atoms with Gasteiger partial charge in [-0.2, -0.15) is 18.0 Å². The fourth-order valence-corrected chi connectivity index (χ4v) is 9.44. The molecular formula is C45H48F2N12O8S. The highest BCUT2D eigenvalue weighted by Gasteiger charge is 2.35. The Bertz CT molecular complexity index is 2960. The summed E-state index contributed by atoms with van der Waals surface area (Å²) in [6.07, 6.45) is 5.90. The molecule has 5 heterocycles. The summed E-state index contributed by atoms with van der Waals surface area (Å²) in [6, 6.07) is 11.5. The highest BCUT2D eigenvalue weighted by atomic mass is 32.2. The van der Waals surface area contributed by atoms with Crippen molar-refractivity contribution < 1.29 is 41.4 Å². The smallest absolute Gasteiger partial charge is 0.301 e. The molecule has 3 saturated heterocycles. The minimum Gasteiger partial charge on any atom is -0.453 e. The molecule has 3 amide bonds. The van der Waals surface area contributed by atoms with Crippen LogP contribution in [0.1, 0.15) is 49.7 Å². The van der Waals surface area contributed by atoms with Crippen LogP contribution in [0.15, 0.2) is 72.0 Å². The minimum atomic E-state index is -4.05. The van der Waals surface area contributed by atoms with Crippen LogP contribution in [0.25, 0.3) is 16.6 Å². The first-order valence-electron chi connectivity index (χ1n) is 21.9. The van der Waals surface area contributed by atoms with E-state index in [1.165, 1.54) is 54.6 Å². The summed E-state index contributed by atoms with van der Waals surface area (Å²) in [4.78, 5) is 70.0. The molecule has 4 N–H and O–H groups in total. The van der Waals surface area contributed by atoms with Crippen LogP contribution in [0.4, 0.5) is 26.1 Å². The Labute approximate surface area is 389 Å². The number of aromatic nitrogens is 4. The van der Waals surface area contributed by atoms with E-state index in [1.54, 1.807) is 30.0 Å². The van der Waals surface area contributed by atoms with Gasteiger partial charge in [0, 0.05) is 51.9 Å². The molecule has 3 aromatic carbocycles. The van der Waals surface area contributed by atoms with Crippen molar-refractivity contribution in [2.45, 2.75) is 50.6 Å². The molecule has 0 spiro atoms. The third-order valence-electron chi connectivity index (χ3n) is 12.5. The van der Waals surface area contributed by atoms with Gasteiger partial charge >= 0.3 is 10.2 Å². The number of rotatable bonds is 14. The quantitative estimate of drug-likeness (QED) is 0.117. The van der Waals surface area contributed by atoms with Gasteiger partial charge < -0.3 is 25.0 Å². The van der Waals surface area contributed by atoms with E-state index in [1.807, 2.05) is 9.80 Å². The second-order valence-electron chi connectivity index (χ2n) is 16.6. The molecule has 8 rings (SSSR count). The lowest BCUT2D eigenvalue weighted by Crippen LogP contribution is -2.57. The number of piperazine rings is 1. The third-order valence-corrected chi connectivity index (χ3v) is 14.0. The van der Waals surface area contributed by atoms with Crippen LogP contribution in [-0.2, 0) is 24.6 Å². The van der Waals surface area contributed by atoms with Gasteiger partial charge in [0.15, 0.2) is 11.6 Å². The molecule has 2 atom stereocenters. The normalized spacial score (nSPS) is 17.8. The van der Waals surface area contributed by atoms with E-state index in [-0.39, 0.29) is 54.1 Å².